The van der Waals surface area contributed by atoms with Gasteiger partial charge in [-0.2, -0.15) is 0 Å². The third-order valence-electron chi connectivity index (χ3n) is 2.28. The Morgan fingerprint density at radius 2 is 2.13 bits per heavy atom. The molecular formula is C11H16N2OS. The normalized spacial score (nSPS) is 15.1. The van der Waals surface area contributed by atoms with Gasteiger partial charge in [0, 0.05) is 14.1 Å². The van der Waals surface area contributed by atoms with Crippen molar-refractivity contribution in [1.29, 1.82) is 0 Å². The molecule has 1 aliphatic rings. The molecule has 0 aromatic carbocycles. The topological polar surface area (TPSA) is 25.4 Å². The van der Waals surface area contributed by atoms with Crippen LogP contribution in [-0.2, 0) is 0 Å². The van der Waals surface area contributed by atoms with E-state index in [4.69, 9.17) is 4.74 Å². The van der Waals surface area contributed by atoms with Gasteiger partial charge in [-0.25, -0.2) is 4.98 Å². The summed E-state index contributed by atoms with van der Waals surface area (Å²) in [6.07, 6.45) is 4.83. The first-order valence-corrected chi connectivity index (χ1v) is 6.32. The van der Waals surface area contributed by atoms with Crippen LogP contribution in [-0.4, -0.2) is 31.4 Å². The largest absolute Gasteiger partial charge is 0.488 e. The van der Waals surface area contributed by atoms with Crippen molar-refractivity contribution in [3.63, 3.8) is 0 Å². The number of thioether (sulfide) groups is 1. The lowest BCUT2D eigenvalue weighted by Crippen LogP contribution is -2.11. The number of hydrogen-bond donors (Lipinski definition) is 0. The van der Waals surface area contributed by atoms with Gasteiger partial charge in [-0.1, -0.05) is 0 Å². The summed E-state index contributed by atoms with van der Waals surface area (Å²) in [5, 5.41) is 0.980. The zero-order valence-electron chi connectivity index (χ0n) is 9.36. The number of aromatic nitrogens is 1. The van der Waals surface area contributed by atoms with Gasteiger partial charge < -0.3 is 9.64 Å². The molecule has 3 nitrogen and oxygen atoms in total. The maximum absolute atomic E-state index is 5.78. The van der Waals surface area contributed by atoms with Crippen LogP contribution in [0, 0.1) is 0 Å². The fraction of sp³-hybridized carbons (Fsp3) is 0.545. The number of nitrogens with zero attached hydrogens (tertiary/aromatic N) is 2. The van der Waals surface area contributed by atoms with Crippen molar-refractivity contribution in [2.45, 2.75) is 24.0 Å². The van der Waals surface area contributed by atoms with E-state index in [1.54, 1.807) is 11.8 Å². The minimum absolute atomic E-state index is 0.433. The van der Waals surface area contributed by atoms with Gasteiger partial charge in [-0.05, 0) is 31.2 Å². The molecule has 1 fully saturated rings. The summed E-state index contributed by atoms with van der Waals surface area (Å²) < 4.78 is 5.78. The standard InChI is InChI=1S/C11H16N2OS/c1-13(2)10-7-6-9(11(12-10)15-3)14-8-4-5-8/h6-8H,4-5H2,1-3H3. The molecule has 0 atom stereocenters. The second-order valence-electron chi connectivity index (χ2n) is 3.89. The van der Waals surface area contributed by atoms with Crippen molar-refractivity contribution < 1.29 is 4.74 Å². The predicted molar refractivity (Wildman–Crippen MR) is 64.0 cm³/mol. The number of ether oxygens (including phenoxy) is 1. The van der Waals surface area contributed by atoms with Crippen molar-refractivity contribution in [2.75, 3.05) is 25.3 Å². The van der Waals surface area contributed by atoms with Crippen molar-refractivity contribution in [3.05, 3.63) is 12.1 Å². The Bertz CT molecular complexity index is 350. The maximum Gasteiger partial charge on any atom is 0.152 e. The lowest BCUT2D eigenvalue weighted by molar-refractivity contribution is 0.293. The lowest BCUT2D eigenvalue weighted by Gasteiger charge is -2.14. The third-order valence-corrected chi connectivity index (χ3v) is 2.96. The molecule has 2 rings (SSSR count). The van der Waals surface area contributed by atoms with Crippen LogP contribution in [0.15, 0.2) is 17.2 Å². The van der Waals surface area contributed by atoms with E-state index in [0.29, 0.717) is 6.10 Å². The lowest BCUT2D eigenvalue weighted by atomic mass is 10.4. The molecule has 0 unspecified atom stereocenters. The highest BCUT2D eigenvalue weighted by Gasteiger charge is 2.24. The van der Waals surface area contributed by atoms with Crippen LogP contribution >= 0.6 is 11.8 Å². The van der Waals surface area contributed by atoms with E-state index in [1.807, 2.05) is 37.4 Å². The summed E-state index contributed by atoms with van der Waals surface area (Å²) in [5.74, 6) is 1.90. The quantitative estimate of drug-likeness (QED) is 0.733. The summed E-state index contributed by atoms with van der Waals surface area (Å²) in [5.41, 5.74) is 0. The Morgan fingerprint density at radius 1 is 1.40 bits per heavy atom. The van der Waals surface area contributed by atoms with Crippen LogP contribution in [0.2, 0.25) is 0 Å². The van der Waals surface area contributed by atoms with Gasteiger partial charge >= 0.3 is 0 Å². The van der Waals surface area contributed by atoms with E-state index >= 15 is 0 Å². The molecule has 1 aromatic rings. The Balaban J connectivity index is 2.21. The Hall–Kier alpha value is -0.900. The van der Waals surface area contributed by atoms with Crippen LogP contribution in [0.1, 0.15) is 12.8 Å². The second kappa shape index (κ2) is 4.31. The van der Waals surface area contributed by atoms with Gasteiger partial charge in [-0.3, -0.25) is 0 Å². The summed E-state index contributed by atoms with van der Waals surface area (Å²) in [6, 6.07) is 4.02. The second-order valence-corrected chi connectivity index (χ2v) is 4.68. The van der Waals surface area contributed by atoms with Gasteiger partial charge in [0.2, 0.25) is 0 Å². The molecule has 0 saturated heterocycles. The Morgan fingerprint density at radius 3 is 2.67 bits per heavy atom. The molecule has 0 N–H and O–H groups in total. The average Bonchev–Trinajstić information content (AvgIpc) is 3.02. The first-order valence-electron chi connectivity index (χ1n) is 5.09. The number of hydrogen-bond acceptors (Lipinski definition) is 4. The first-order chi connectivity index (χ1) is 7.20. The zero-order chi connectivity index (χ0) is 10.8. The minimum atomic E-state index is 0.433. The molecule has 1 heterocycles. The average molecular weight is 224 g/mol. The van der Waals surface area contributed by atoms with Crippen LogP contribution in [0.3, 0.4) is 0 Å². The molecule has 82 valence electrons. The van der Waals surface area contributed by atoms with Crippen LogP contribution in [0.25, 0.3) is 0 Å². The van der Waals surface area contributed by atoms with Crippen molar-refractivity contribution >= 4 is 17.6 Å². The summed E-state index contributed by atoms with van der Waals surface area (Å²) in [7, 11) is 3.99. The van der Waals surface area contributed by atoms with E-state index < -0.39 is 0 Å². The van der Waals surface area contributed by atoms with E-state index in [9.17, 15) is 0 Å². The molecular weight excluding hydrogens is 208 g/mol. The van der Waals surface area contributed by atoms with Crippen molar-refractivity contribution in [3.8, 4) is 5.75 Å². The van der Waals surface area contributed by atoms with Gasteiger partial charge in [0.25, 0.3) is 0 Å². The highest BCUT2D eigenvalue weighted by molar-refractivity contribution is 7.98. The van der Waals surface area contributed by atoms with E-state index in [0.717, 1.165) is 16.6 Å². The predicted octanol–water partition coefficient (Wildman–Crippen LogP) is 2.41. The van der Waals surface area contributed by atoms with Gasteiger partial charge in [0.1, 0.15) is 10.8 Å². The van der Waals surface area contributed by atoms with Crippen LogP contribution < -0.4 is 9.64 Å². The fourth-order valence-electron chi connectivity index (χ4n) is 1.27. The first kappa shape index (κ1) is 10.6. The van der Waals surface area contributed by atoms with Gasteiger partial charge in [-0.15, -0.1) is 11.8 Å². The molecule has 0 bridgehead atoms. The smallest absolute Gasteiger partial charge is 0.152 e. The van der Waals surface area contributed by atoms with Crippen molar-refractivity contribution in [2.24, 2.45) is 0 Å². The highest BCUT2D eigenvalue weighted by Crippen LogP contribution is 2.33. The van der Waals surface area contributed by atoms with Crippen LogP contribution in [0.5, 0.6) is 5.75 Å². The Kier molecular flexibility index (Phi) is 3.05. The van der Waals surface area contributed by atoms with Crippen LogP contribution in [0.4, 0.5) is 5.82 Å². The number of pyridine rings is 1. The van der Waals surface area contributed by atoms with Gasteiger partial charge in [0.05, 0.1) is 6.10 Å². The molecule has 4 heteroatoms. The summed E-state index contributed by atoms with van der Waals surface area (Å²) >= 11 is 1.63. The minimum Gasteiger partial charge on any atom is -0.488 e. The molecule has 0 amide bonds. The molecule has 0 radical (unpaired) electrons. The summed E-state index contributed by atoms with van der Waals surface area (Å²) in [4.78, 5) is 6.54. The Labute approximate surface area is 94.8 Å². The third kappa shape index (κ3) is 2.56. The molecule has 1 aromatic heterocycles. The number of rotatable bonds is 4. The monoisotopic (exact) mass is 224 g/mol. The summed E-state index contributed by atoms with van der Waals surface area (Å²) in [6.45, 7) is 0. The molecule has 15 heavy (non-hydrogen) atoms. The molecule has 0 spiro atoms. The molecule has 0 aliphatic heterocycles. The van der Waals surface area contributed by atoms with E-state index in [1.165, 1.54) is 12.8 Å². The van der Waals surface area contributed by atoms with Crippen molar-refractivity contribution in [1.82, 2.24) is 4.98 Å². The SMILES string of the molecule is CSc1nc(N(C)C)ccc1OC1CC1. The fourth-order valence-corrected chi connectivity index (χ4v) is 1.77. The zero-order valence-corrected chi connectivity index (χ0v) is 10.2. The van der Waals surface area contributed by atoms with E-state index in [-0.39, 0.29) is 0 Å². The highest BCUT2D eigenvalue weighted by atomic mass is 32.2. The molecule has 1 saturated carbocycles. The maximum atomic E-state index is 5.78. The van der Waals surface area contributed by atoms with E-state index in [2.05, 4.69) is 4.98 Å². The number of anilines is 1. The molecule has 1 aliphatic carbocycles. The van der Waals surface area contributed by atoms with Gasteiger partial charge in [0.15, 0.2) is 5.75 Å².